The van der Waals surface area contributed by atoms with Gasteiger partial charge in [-0.3, -0.25) is 14.4 Å². The van der Waals surface area contributed by atoms with Crippen molar-refractivity contribution in [3.05, 3.63) is 0 Å². The van der Waals surface area contributed by atoms with Crippen LogP contribution in [0.25, 0.3) is 0 Å². The highest BCUT2D eigenvalue weighted by Gasteiger charge is 2.40. The first-order valence-electron chi connectivity index (χ1n) is 6.16. The van der Waals surface area contributed by atoms with E-state index in [-0.39, 0.29) is 17.7 Å². The number of rotatable bonds is 5. The zero-order valence-corrected chi connectivity index (χ0v) is 10.7. The lowest BCUT2D eigenvalue weighted by Gasteiger charge is -2.15. The first kappa shape index (κ1) is 14.5. The summed E-state index contributed by atoms with van der Waals surface area (Å²) < 4.78 is 0. The van der Waals surface area contributed by atoms with Crippen LogP contribution in [0.1, 0.15) is 26.7 Å². The summed E-state index contributed by atoms with van der Waals surface area (Å²) in [5, 5.41) is 14.3. The normalized spacial score (nSPS) is 26.7. The van der Waals surface area contributed by atoms with Crippen molar-refractivity contribution >= 4 is 17.8 Å². The summed E-state index contributed by atoms with van der Waals surface area (Å²) in [5.41, 5.74) is 0. The fourth-order valence-electron chi connectivity index (χ4n) is 2.41. The van der Waals surface area contributed by atoms with Gasteiger partial charge in [-0.05, 0) is 18.8 Å². The molecule has 6 heteroatoms. The molecule has 0 saturated heterocycles. The van der Waals surface area contributed by atoms with E-state index in [0.717, 1.165) is 0 Å². The van der Waals surface area contributed by atoms with E-state index in [2.05, 4.69) is 10.6 Å². The number of carboxylic acids is 1. The highest BCUT2D eigenvalue weighted by molar-refractivity contribution is 5.85. The molecule has 0 bridgehead atoms. The molecule has 102 valence electrons. The number of aliphatic carboxylic acids is 1. The van der Waals surface area contributed by atoms with E-state index in [1.165, 1.54) is 6.92 Å². The molecule has 0 spiro atoms. The molecule has 18 heavy (non-hydrogen) atoms. The maximum absolute atomic E-state index is 11.9. The van der Waals surface area contributed by atoms with Crippen LogP contribution in [0.15, 0.2) is 0 Å². The summed E-state index contributed by atoms with van der Waals surface area (Å²) in [6, 6.07) is 0. The third-order valence-corrected chi connectivity index (χ3v) is 3.25. The Labute approximate surface area is 106 Å². The van der Waals surface area contributed by atoms with Gasteiger partial charge in [0.2, 0.25) is 11.8 Å². The lowest BCUT2D eigenvalue weighted by molar-refractivity contribution is -0.146. The van der Waals surface area contributed by atoms with Crippen molar-refractivity contribution in [1.29, 1.82) is 0 Å². The van der Waals surface area contributed by atoms with Gasteiger partial charge in [-0.1, -0.05) is 6.92 Å². The molecular weight excluding hydrogens is 236 g/mol. The van der Waals surface area contributed by atoms with E-state index < -0.39 is 17.8 Å². The van der Waals surface area contributed by atoms with Gasteiger partial charge in [-0.25, -0.2) is 0 Å². The van der Waals surface area contributed by atoms with E-state index in [9.17, 15) is 14.4 Å². The van der Waals surface area contributed by atoms with Crippen molar-refractivity contribution in [2.45, 2.75) is 26.7 Å². The van der Waals surface area contributed by atoms with Crippen LogP contribution < -0.4 is 10.6 Å². The largest absolute Gasteiger partial charge is 0.481 e. The highest BCUT2D eigenvalue weighted by atomic mass is 16.4. The second-order valence-corrected chi connectivity index (χ2v) is 4.90. The van der Waals surface area contributed by atoms with E-state index in [0.29, 0.717) is 25.9 Å². The molecule has 1 saturated carbocycles. The van der Waals surface area contributed by atoms with Crippen LogP contribution >= 0.6 is 0 Å². The van der Waals surface area contributed by atoms with Gasteiger partial charge in [-0.15, -0.1) is 0 Å². The van der Waals surface area contributed by atoms with Crippen LogP contribution in [0.4, 0.5) is 0 Å². The summed E-state index contributed by atoms with van der Waals surface area (Å²) in [6.45, 7) is 4.05. The van der Waals surface area contributed by atoms with Gasteiger partial charge in [0.25, 0.3) is 0 Å². The average Bonchev–Trinajstić information content (AvgIpc) is 2.66. The predicted molar refractivity (Wildman–Crippen MR) is 64.7 cm³/mol. The minimum Gasteiger partial charge on any atom is -0.481 e. The maximum atomic E-state index is 11.9. The number of carbonyl (C=O) groups excluding carboxylic acids is 2. The van der Waals surface area contributed by atoms with E-state index >= 15 is 0 Å². The second-order valence-electron chi connectivity index (χ2n) is 4.90. The van der Waals surface area contributed by atoms with Crippen LogP contribution in [-0.4, -0.2) is 36.0 Å². The first-order valence-corrected chi connectivity index (χ1v) is 6.16. The molecule has 1 aliphatic carbocycles. The van der Waals surface area contributed by atoms with Crippen molar-refractivity contribution in [1.82, 2.24) is 10.6 Å². The van der Waals surface area contributed by atoms with Crippen molar-refractivity contribution in [2.24, 2.45) is 17.8 Å². The van der Waals surface area contributed by atoms with Crippen LogP contribution in [0.3, 0.4) is 0 Å². The summed E-state index contributed by atoms with van der Waals surface area (Å²) in [7, 11) is 0. The summed E-state index contributed by atoms with van der Waals surface area (Å²) in [4.78, 5) is 33.5. The standard InChI is InChI=1S/C12H20N2O4/c1-7-5-9(10(6-7)12(17)18)11(16)14-4-3-13-8(2)15/h7,9-10H,3-6H2,1-2H3,(H,13,15)(H,14,16)(H,17,18). The molecule has 0 aliphatic heterocycles. The Bertz CT molecular complexity index is 343. The number of nitrogens with one attached hydrogen (secondary N) is 2. The van der Waals surface area contributed by atoms with Crippen LogP contribution in [0.2, 0.25) is 0 Å². The molecule has 0 radical (unpaired) electrons. The average molecular weight is 256 g/mol. The lowest BCUT2D eigenvalue weighted by Crippen LogP contribution is -2.39. The molecule has 0 aromatic rings. The molecule has 3 N–H and O–H groups in total. The molecule has 1 aliphatic rings. The van der Waals surface area contributed by atoms with Gasteiger partial charge in [0.05, 0.1) is 11.8 Å². The van der Waals surface area contributed by atoms with Crippen molar-refractivity contribution in [2.75, 3.05) is 13.1 Å². The Balaban J connectivity index is 2.40. The maximum Gasteiger partial charge on any atom is 0.307 e. The molecule has 3 atom stereocenters. The zero-order valence-electron chi connectivity index (χ0n) is 10.7. The lowest BCUT2D eigenvalue weighted by atomic mass is 9.95. The van der Waals surface area contributed by atoms with Crippen LogP contribution in [-0.2, 0) is 14.4 Å². The fourth-order valence-corrected chi connectivity index (χ4v) is 2.41. The van der Waals surface area contributed by atoms with Crippen molar-refractivity contribution in [3.63, 3.8) is 0 Å². The zero-order chi connectivity index (χ0) is 13.7. The molecule has 1 rings (SSSR count). The molecule has 0 aromatic carbocycles. The van der Waals surface area contributed by atoms with Gasteiger partial charge in [0.1, 0.15) is 0 Å². The monoisotopic (exact) mass is 256 g/mol. The van der Waals surface area contributed by atoms with Crippen LogP contribution in [0, 0.1) is 17.8 Å². The number of hydrogen-bond donors (Lipinski definition) is 3. The molecule has 3 unspecified atom stereocenters. The first-order chi connectivity index (χ1) is 8.41. The molecule has 6 nitrogen and oxygen atoms in total. The highest BCUT2D eigenvalue weighted by Crippen LogP contribution is 2.36. The van der Waals surface area contributed by atoms with Crippen molar-refractivity contribution in [3.8, 4) is 0 Å². The third-order valence-electron chi connectivity index (χ3n) is 3.25. The van der Waals surface area contributed by atoms with Gasteiger partial charge in [0, 0.05) is 20.0 Å². The predicted octanol–water partition coefficient (Wildman–Crippen LogP) is -0.0144. The van der Waals surface area contributed by atoms with E-state index in [1.807, 2.05) is 6.92 Å². The Kier molecular flexibility index (Phi) is 5.12. The van der Waals surface area contributed by atoms with Gasteiger partial charge >= 0.3 is 5.97 Å². The smallest absolute Gasteiger partial charge is 0.307 e. The Morgan fingerprint density at radius 1 is 1.11 bits per heavy atom. The quantitative estimate of drug-likeness (QED) is 0.603. The van der Waals surface area contributed by atoms with E-state index in [4.69, 9.17) is 5.11 Å². The van der Waals surface area contributed by atoms with Crippen LogP contribution in [0.5, 0.6) is 0 Å². The third kappa shape index (κ3) is 4.01. The molecule has 2 amide bonds. The second kappa shape index (κ2) is 6.37. The van der Waals surface area contributed by atoms with E-state index in [1.54, 1.807) is 0 Å². The number of amides is 2. The number of carboxylic acid groups (broad SMARTS) is 1. The Hall–Kier alpha value is -1.59. The minimum absolute atomic E-state index is 0.151. The molecule has 0 heterocycles. The molecular formula is C12H20N2O4. The summed E-state index contributed by atoms with van der Waals surface area (Å²) in [5.74, 6) is -2.05. The number of hydrogen-bond acceptors (Lipinski definition) is 3. The molecule has 0 aromatic heterocycles. The summed E-state index contributed by atoms with van der Waals surface area (Å²) >= 11 is 0. The Morgan fingerprint density at radius 2 is 1.67 bits per heavy atom. The molecule has 1 fully saturated rings. The van der Waals surface area contributed by atoms with Crippen molar-refractivity contribution < 1.29 is 19.5 Å². The summed E-state index contributed by atoms with van der Waals surface area (Å²) in [6.07, 6.45) is 1.17. The SMILES string of the molecule is CC(=O)NCCNC(=O)C1CC(C)CC1C(=O)O. The van der Waals surface area contributed by atoms with Gasteiger partial charge < -0.3 is 15.7 Å². The van der Waals surface area contributed by atoms with Gasteiger partial charge in [0.15, 0.2) is 0 Å². The fraction of sp³-hybridized carbons (Fsp3) is 0.750. The Morgan fingerprint density at radius 3 is 2.22 bits per heavy atom. The van der Waals surface area contributed by atoms with Gasteiger partial charge in [-0.2, -0.15) is 0 Å². The number of carbonyl (C=O) groups is 3. The minimum atomic E-state index is -0.902. The topological polar surface area (TPSA) is 95.5 Å².